The minimum absolute atomic E-state index is 0.0340. The zero-order valence-corrected chi connectivity index (χ0v) is 10.7. The molecule has 2 aromatic rings. The summed E-state index contributed by atoms with van der Waals surface area (Å²) in [5.74, 6) is 0.351. The van der Waals surface area contributed by atoms with E-state index < -0.39 is 12.1 Å². The van der Waals surface area contributed by atoms with Crippen LogP contribution in [0.15, 0.2) is 48.5 Å². The Balaban J connectivity index is 2.26. The summed E-state index contributed by atoms with van der Waals surface area (Å²) in [7, 11) is 1.46. The van der Waals surface area contributed by atoms with E-state index in [1.54, 1.807) is 12.1 Å². The van der Waals surface area contributed by atoms with Crippen LogP contribution >= 0.6 is 0 Å². The van der Waals surface area contributed by atoms with E-state index in [-0.39, 0.29) is 5.75 Å². The highest BCUT2D eigenvalue weighted by molar-refractivity contribution is 5.43. The number of phenols is 1. The van der Waals surface area contributed by atoms with Crippen molar-refractivity contribution in [3.8, 4) is 11.5 Å². The van der Waals surface area contributed by atoms with Crippen molar-refractivity contribution in [2.24, 2.45) is 5.73 Å². The molecule has 0 aromatic heterocycles. The highest BCUT2D eigenvalue weighted by atomic mass is 16.5. The first-order valence-corrected chi connectivity index (χ1v) is 5.99. The molecule has 0 radical (unpaired) electrons. The first-order chi connectivity index (χ1) is 9.13. The minimum atomic E-state index is -0.864. The molecule has 0 amide bonds. The van der Waals surface area contributed by atoms with Crippen molar-refractivity contribution < 1.29 is 14.9 Å². The van der Waals surface area contributed by atoms with E-state index in [4.69, 9.17) is 10.5 Å². The predicted molar refractivity (Wildman–Crippen MR) is 73.0 cm³/mol. The quantitative estimate of drug-likeness (QED) is 0.786. The van der Waals surface area contributed by atoms with Gasteiger partial charge in [-0.3, -0.25) is 0 Å². The third-order valence-corrected chi connectivity index (χ3v) is 3.07. The molecule has 0 aliphatic rings. The number of methoxy groups -OCH3 is 1. The Labute approximate surface area is 112 Å². The summed E-state index contributed by atoms with van der Waals surface area (Å²) in [5, 5.41) is 19.8. The molecule has 0 saturated heterocycles. The van der Waals surface area contributed by atoms with Gasteiger partial charge in [-0.1, -0.05) is 36.4 Å². The largest absolute Gasteiger partial charge is 0.504 e. The van der Waals surface area contributed by atoms with Crippen molar-refractivity contribution in [2.75, 3.05) is 7.11 Å². The third kappa shape index (κ3) is 2.86. The van der Waals surface area contributed by atoms with Gasteiger partial charge in [-0.05, 0) is 23.3 Å². The Morgan fingerprint density at radius 1 is 1.05 bits per heavy atom. The second-order valence-electron chi connectivity index (χ2n) is 4.31. The van der Waals surface area contributed by atoms with Crippen LogP contribution < -0.4 is 10.5 Å². The van der Waals surface area contributed by atoms with Crippen LogP contribution in [0.5, 0.6) is 11.5 Å². The van der Waals surface area contributed by atoms with Gasteiger partial charge in [0.1, 0.15) is 0 Å². The van der Waals surface area contributed by atoms with E-state index in [2.05, 4.69) is 0 Å². The number of aromatic hydroxyl groups is 1. The second kappa shape index (κ2) is 5.73. The fourth-order valence-electron chi connectivity index (χ4n) is 1.94. The molecule has 0 saturated carbocycles. The van der Waals surface area contributed by atoms with Crippen molar-refractivity contribution >= 4 is 0 Å². The van der Waals surface area contributed by atoms with Crippen LogP contribution in [0.2, 0.25) is 0 Å². The summed E-state index contributed by atoms with van der Waals surface area (Å²) in [6.07, 6.45) is -0.864. The molecule has 0 fully saturated rings. The Kier molecular flexibility index (Phi) is 4.04. The van der Waals surface area contributed by atoms with Gasteiger partial charge < -0.3 is 20.7 Å². The van der Waals surface area contributed by atoms with Gasteiger partial charge in [-0.25, -0.2) is 0 Å². The highest BCUT2D eigenvalue weighted by Crippen LogP contribution is 2.33. The molecule has 0 spiro atoms. The summed E-state index contributed by atoms with van der Waals surface area (Å²) in [6, 6.07) is 13.5. The maximum absolute atomic E-state index is 10.3. The zero-order chi connectivity index (χ0) is 13.8. The van der Waals surface area contributed by atoms with Gasteiger partial charge in [0.25, 0.3) is 0 Å². The molecule has 4 N–H and O–H groups in total. The van der Waals surface area contributed by atoms with Crippen molar-refractivity contribution in [3.05, 3.63) is 59.7 Å². The molecule has 100 valence electrons. The van der Waals surface area contributed by atoms with Crippen LogP contribution in [0, 0.1) is 0 Å². The van der Waals surface area contributed by atoms with Crippen LogP contribution in [-0.2, 0) is 0 Å². The molecule has 0 aliphatic heterocycles. The fraction of sp³-hybridized carbons (Fsp3) is 0.200. The van der Waals surface area contributed by atoms with Crippen molar-refractivity contribution in [1.29, 1.82) is 0 Å². The topological polar surface area (TPSA) is 75.7 Å². The molecule has 2 unspecified atom stereocenters. The lowest BCUT2D eigenvalue weighted by Crippen LogP contribution is -2.19. The lowest BCUT2D eigenvalue weighted by Gasteiger charge is -2.20. The van der Waals surface area contributed by atoms with Gasteiger partial charge >= 0.3 is 0 Å². The summed E-state index contributed by atoms with van der Waals surface area (Å²) >= 11 is 0. The van der Waals surface area contributed by atoms with Crippen molar-refractivity contribution in [1.82, 2.24) is 0 Å². The molecule has 2 aromatic carbocycles. The summed E-state index contributed by atoms with van der Waals surface area (Å²) in [4.78, 5) is 0. The standard InChI is InChI=1S/C15H17NO3/c1-19-13-9-11(7-8-12(13)17)15(18)14(16)10-5-3-2-4-6-10/h2-9,14-15,17-18H,16H2,1H3. The Morgan fingerprint density at radius 2 is 1.74 bits per heavy atom. The minimum Gasteiger partial charge on any atom is -0.504 e. The van der Waals surface area contributed by atoms with Gasteiger partial charge in [-0.15, -0.1) is 0 Å². The van der Waals surface area contributed by atoms with Gasteiger partial charge in [-0.2, -0.15) is 0 Å². The summed E-state index contributed by atoms with van der Waals surface area (Å²) in [6.45, 7) is 0. The maximum atomic E-state index is 10.3. The van der Waals surface area contributed by atoms with E-state index in [0.29, 0.717) is 11.3 Å². The van der Waals surface area contributed by atoms with Gasteiger partial charge in [0, 0.05) is 0 Å². The van der Waals surface area contributed by atoms with E-state index in [0.717, 1.165) is 5.56 Å². The van der Waals surface area contributed by atoms with Crippen LogP contribution in [0.25, 0.3) is 0 Å². The molecule has 4 heteroatoms. The number of hydrogen-bond acceptors (Lipinski definition) is 4. The highest BCUT2D eigenvalue weighted by Gasteiger charge is 2.19. The molecule has 0 heterocycles. The molecule has 0 aliphatic carbocycles. The first-order valence-electron chi connectivity index (χ1n) is 5.99. The number of phenolic OH excluding ortho intramolecular Hbond substituents is 1. The van der Waals surface area contributed by atoms with Gasteiger partial charge in [0.2, 0.25) is 0 Å². The monoisotopic (exact) mass is 259 g/mol. The lowest BCUT2D eigenvalue weighted by atomic mass is 9.96. The van der Waals surface area contributed by atoms with Gasteiger partial charge in [0.15, 0.2) is 11.5 Å². The number of aliphatic hydroxyl groups is 1. The van der Waals surface area contributed by atoms with Crippen LogP contribution in [0.1, 0.15) is 23.3 Å². The molecule has 4 nitrogen and oxygen atoms in total. The molecule has 19 heavy (non-hydrogen) atoms. The number of rotatable bonds is 4. The number of ether oxygens (including phenoxy) is 1. The lowest BCUT2D eigenvalue weighted by molar-refractivity contribution is 0.146. The van der Waals surface area contributed by atoms with Crippen molar-refractivity contribution in [2.45, 2.75) is 12.1 Å². The van der Waals surface area contributed by atoms with Crippen LogP contribution in [0.4, 0.5) is 0 Å². The Morgan fingerprint density at radius 3 is 2.37 bits per heavy atom. The first kappa shape index (κ1) is 13.4. The SMILES string of the molecule is COc1cc(C(O)C(N)c2ccccc2)ccc1O. The second-order valence-corrected chi connectivity index (χ2v) is 4.31. The van der Waals surface area contributed by atoms with Crippen LogP contribution in [0.3, 0.4) is 0 Å². The molecular weight excluding hydrogens is 242 g/mol. The smallest absolute Gasteiger partial charge is 0.160 e. The van der Waals surface area contributed by atoms with E-state index in [9.17, 15) is 10.2 Å². The Hall–Kier alpha value is -2.04. The average molecular weight is 259 g/mol. The molecular formula is C15H17NO3. The molecule has 2 rings (SSSR count). The molecule has 2 atom stereocenters. The summed E-state index contributed by atoms with van der Waals surface area (Å²) < 4.78 is 5.02. The predicted octanol–water partition coefficient (Wildman–Crippen LogP) is 2.13. The van der Waals surface area contributed by atoms with Gasteiger partial charge in [0.05, 0.1) is 19.3 Å². The zero-order valence-electron chi connectivity index (χ0n) is 10.7. The van der Waals surface area contributed by atoms with E-state index in [1.807, 2.05) is 30.3 Å². The fourth-order valence-corrected chi connectivity index (χ4v) is 1.94. The maximum Gasteiger partial charge on any atom is 0.160 e. The normalized spacial score (nSPS) is 13.8. The number of hydrogen-bond donors (Lipinski definition) is 3. The van der Waals surface area contributed by atoms with E-state index >= 15 is 0 Å². The third-order valence-electron chi connectivity index (χ3n) is 3.07. The number of nitrogens with two attached hydrogens (primary N) is 1. The van der Waals surface area contributed by atoms with Crippen LogP contribution in [-0.4, -0.2) is 17.3 Å². The Bertz CT molecular complexity index is 542. The summed E-state index contributed by atoms with van der Waals surface area (Å²) in [5.41, 5.74) is 7.50. The van der Waals surface area contributed by atoms with E-state index in [1.165, 1.54) is 13.2 Å². The molecule has 0 bridgehead atoms. The number of benzene rings is 2. The van der Waals surface area contributed by atoms with Crippen molar-refractivity contribution in [3.63, 3.8) is 0 Å². The number of aliphatic hydroxyl groups excluding tert-OH is 1. The average Bonchev–Trinajstić information content (AvgIpc) is 2.47.